The van der Waals surface area contributed by atoms with E-state index in [9.17, 15) is 4.79 Å². The van der Waals surface area contributed by atoms with Gasteiger partial charge in [-0.1, -0.05) is 6.92 Å². The summed E-state index contributed by atoms with van der Waals surface area (Å²) in [5, 5.41) is 1.04. The van der Waals surface area contributed by atoms with Crippen LogP contribution in [-0.4, -0.2) is 28.9 Å². The minimum atomic E-state index is -0.160. The van der Waals surface area contributed by atoms with Crippen LogP contribution in [0.4, 0.5) is 0 Å². The predicted octanol–water partition coefficient (Wildman–Crippen LogP) is 3.11. The molecule has 2 N–H and O–H groups in total. The molecule has 118 valence electrons. The molecular formula is C13H25Cl2N3OS. The molecule has 1 amide bonds. The molecule has 0 aliphatic heterocycles. The van der Waals surface area contributed by atoms with Gasteiger partial charge < -0.3 is 10.6 Å². The highest BCUT2D eigenvalue weighted by Crippen LogP contribution is 2.29. The van der Waals surface area contributed by atoms with Crippen LogP contribution in [0, 0.1) is 19.8 Å². The van der Waals surface area contributed by atoms with Gasteiger partial charge in [0, 0.05) is 18.0 Å². The molecule has 1 rings (SSSR count). The Balaban J connectivity index is 0. The highest BCUT2D eigenvalue weighted by atomic mass is 35.5. The van der Waals surface area contributed by atoms with E-state index in [4.69, 9.17) is 5.73 Å². The minimum Gasteiger partial charge on any atom is -0.338 e. The Bertz CT molecular complexity index is 437. The summed E-state index contributed by atoms with van der Waals surface area (Å²) in [4.78, 5) is 19.6. The molecule has 1 aromatic heterocycles. The molecule has 0 radical (unpaired) electrons. The van der Waals surface area contributed by atoms with Crippen LogP contribution >= 0.6 is 36.2 Å². The predicted molar refractivity (Wildman–Crippen MR) is 90.1 cm³/mol. The van der Waals surface area contributed by atoms with Gasteiger partial charge in [-0.2, -0.15) is 0 Å². The maximum atomic E-state index is 12.2. The molecule has 3 unspecified atom stereocenters. The van der Waals surface area contributed by atoms with E-state index in [1.54, 1.807) is 16.2 Å². The van der Waals surface area contributed by atoms with E-state index in [1.165, 1.54) is 0 Å². The summed E-state index contributed by atoms with van der Waals surface area (Å²) in [5.74, 6) is -0.0743. The molecule has 4 nitrogen and oxygen atoms in total. The maximum Gasteiger partial charge on any atom is 0.227 e. The molecule has 20 heavy (non-hydrogen) atoms. The third-order valence-corrected chi connectivity index (χ3v) is 4.67. The van der Waals surface area contributed by atoms with Gasteiger partial charge >= 0.3 is 0 Å². The van der Waals surface area contributed by atoms with Crippen LogP contribution in [0.1, 0.15) is 42.4 Å². The van der Waals surface area contributed by atoms with Crippen LogP contribution in [0.15, 0.2) is 0 Å². The van der Waals surface area contributed by atoms with Crippen molar-refractivity contribution in [1.29, 1.82) is 0 Å². The quantitative estimate of drug-likeness (QED) is 0.915. The first-order valence-electron chi connectivity index (χ1n) is 6.21. The average molecular weight is 342 g/mol. The molecule has 1 aromatic rings. The molecule has 7 heteroatoms. The zero-order valence-corrected chi connectivity index (χ0v) is 15.3. The number of carbonyl (C=O) groups excluding carboxylic acids is 1. The van der Waals surface area contributed by atoms with Gasteiger partial charge in [0.2, 0.25) is 5.91 Å². The molecule has 1 heterocycles. The average Bonchev–Trinajstić information content (AvgIpc) is 2.64. The van der Waals surface area contributed by atoms with Crippen molar-refractivity contribution in [1.82, 2.24) is 9.88 Å². The van der Waals surface area contributed by atoms with Gasteiger partial charge in [-0.25, -0.2) is 4.98 Å². The molecule has 0 aliphatic carbocycles. The first kappa shape index (κ1) is 21.9. The number of halogens is 2. The summed E-state index contributed by atoms with van der Waals surface area (Å²) in [6, 6.07) is -0.0821. The number of hydrogen-bond acceptors (Lipinski definition) is 4. The first-order chi connectivity index (χ1) is 8.25. The fourth-order valence-corrected chi connectivity index (χ4v) is 2.87. The van der Waals surface area contributed by atoms with Gasteiger partial charge in [0.25, 0.3) is 0 Å². The summed E-state index contributed by atoms with van der Waals surface area (Å²) in [7, 11) is 1.83. The van der Waals surface area contributed by atoms with Gasteiger partial charge in [-0.05, 0) is 27.7 Å². The second-order valence-electron chi connectivity index (χ2n) is 4.96. The van der Waals surface area contributed by atoms with Gasteiger partial charge in [0.1, 0.15) is 0 Å². The van der Waals surface area contributed by atoms with E-state index in [0.29, 0.717) is 0 Å². The lowest BCUT2D eigenvalue weighted by atomic mass is 10.0. The molecule has 0 fully saturated rings. The van der Waals surface area contributed by atoms with Crippen molar-refractivity contribution in [2.24, 2.45) is 11.7 Å². The molecule has 0 spiro atoms. The van der Waals surface area contributed by atoms with E-state index in [-0.39, 0.29) is 48.7 Å². The second kappa shape index (κ2) is 8.82. The number of aromatic nitrogens is 1. The maximum absolute atomic E-state index is 12.2. The Labute approximate surface area is 138 Å². The fraction of sp³-hybridized carbons (Fsp3) is 0.692. The number of carbonyl (C=O) groups is 1. The van der Waals surface area contributed by atoms with Crippen molar-refractivity contribution in [3.63, 3.8) is 0 Å². The summed E-state index contributed by atoms with van der Waals surface area (Å²) in [6.45, 7) is 9.75. The van der Waals surface area contributed by atoms with Crippen molar-refractivity contribution < 1.29 is 4.79 Å². The highest BCUT2D eigenvalue weighted by molar-refractivity contribution is 7.11. The molecule has 3 atom stereocenters. The summed E-state index contributed by atoms with van der Waals surface area (Å²) in [6.07, 6.45) is 0. The zero-order valence-electron chi connectivity index (χ0n) is 12.8. The van der Waals surface area contributed by atoms with Crippen LogP contribution in [0.3, 0.4) is 0 Å². The Hall–Kier alpha value is -0.360. The van der Waals surface area contributed by atoms with E-state index >= 15 is 0 Å². The molecule has 0 aromatic carbocycles. The van der Waals surface area contributed by atoms with E-state index in [1.807, 2.05) is 41.7 Å². The SMILES string of the molecule is Cc1nc(C)c(C(C)N(C)C(=O)C(C)C(C)N)s1.Cl.Cl. The second-order valence-corrected chi connectivity index (χ2v) is 6.19. The van der Waals surface area contributed by atoms with Gasteiger partial charge in [0.05, 0.1) is 22.7 Å². The fourth-order valence-electron chi connectivity index (χ4n) is 1.85. The van der Waals surface area contributed by atoms with Crippen LogP contribution in [0.5, 0.6) is 0 Å². The normalized spacial score (nSPS) is 14.6. The number of aryl methyl sites for hydroxylation is 2. The smallest absolute Gasteiger partial charge is 0.227 e. The Morgan fingerprint density at radius 1 is 1.25 bits per heavy atom. The third kappa shape index (κ3) is 4.88. The molecule has 0 saturated heterocycles. The molecule has 0 aliphatic rings. The van der Waals surface area contributed by atoms with Gasteiger partial charge in [0.15, 0.2) is 0 Å². The Morgan fingerprint density at radius 2 is 1.75 bits per heavy atom. The lowest BCUT2D eigenvalue weighted by Gasteiger charge is -2.28. The highest BCUT2D eigenvalue weighted by Gasteiger charge is 2.26. The molecule has 0 saturated carbocycles. The summed E-state index contributed by atoms with van der Waals surface area (Å²) < 4.78 is 0. The van der Waals surface area contributed by atoms with Gasteiger partial charge in [-0.3, -0.25) is 4.79 Å². The molecule has 0 bridgehead atoms. The van der Waals surface area contributed by atoms with Crippen molar-refractivity contribution >= 4 is 42.1 Å². The van der Waals surface area contributed by atoms with Crippen molar-refractivity contribution in [3.05, 3.63) is 15.6 Å². The summed E-state index contributed by atoms with van der Waals surface area (Å²) >= 11 is 1.65. The van der Waals surface area contributed by atoms with Crippen molar-refractivity contribution in [3.8, 4) is 0 Å². The van der Waals surface area contributed by atoms with E-state index in [0.717, 1.165) is 15.6 Å². The minimum absolute atomic E-state index is 0. The number of amides is 1. The van der Waals surface area contributed by atoms with E-state index < -0.39 is 0 Å². The topological polar surface area (TPSA) is 59.2 Å². The van der Waals surface area contributed by atoms with Crippen LogP contribution < -0.4 is 5.73 Å². The summed E-state index contributed by atoms with van der Waals surface area (Å²) in [5.41, 5.74) is 6.80. The first-order valence-corrected chi connectivity index (χ1v) is 7.03. The van der Waals surface area contributed by atoms with Crippen molar-refractivity contribution in [2.75, 3.05) is 7.05 Å². The third-order valence-electron chi connectivity index (χ3n) is 3.43. The number of rotatable bonds is 4. The number of hydrogen-bond donors (Lipinski definition) is 1. The monoisotopic (exact) mass is 341 g/mol. The standard InChI is InChI=1S/C13H23N3OS.2ClH/c1-7(8(2)14)13(17)16(6)10(4)12-9(3)15-11(5)18-12;;/h7-8,10H,14H2,1-6H3;2*1H. The van der Waals surface area contributed by atoms with Crippen LogP contribution in [0.2, 0.25) is 0 Å². The Morgan fingerprint density at radius 3 is 2.10 bits per heavy atom. The molecular weight excluding hydrogens is 317 g/mol. The van der Waals surface area contributed by atoms with Crippen LogP contribution in [-0.2, 0) is 4.79 Å². The van der Waals surface area contributed by atoms with Crippen LogP contribution in [0.25, 0.3) is 0 Å². The van der Waals surface area contributed by atoms with Crippen molar-refractivity contribution in [2.45, 2.75) is 46.7 Å². The number of nitrogens with two attached hydrogens (primary N) is 1. The Kier molecular flexibility index (Phi) is 9.67. The van der Waals surface area contributed by atoms with Gasteiger partial charge in [-0.15, -0.1) is 36.2 Å². The number of nitrogens with zero attached hydrogens (tertiary/aromatic N) is 2. The lowest BCUT2D eigenvalue weighted by Crippen LogP contribution is -2.40. The lowest BCUT2D eigenvalue weighted by molar-refractivity contribution is -0.136. The largest absolute Gasteiger partial charge is 0.338 e. The number of thiazole rings is 1. The van der Waals surface area contributed by atoms with E-state index in [2.05, 4.69) is 4.98 Å². The zero-order chi connectivity index (χ0) is 14.0.